The molecule has 0 atom stereocenters. The summed E-state index contributed by atoms with van der Waals surface area (Å²) in [4.78, 5) is 12.5. The van der Waals surface area contributed by atoms with E-state index in [1.54, 1.807) is 31.2 Å². The van der Waals surface area contributed by atoms with E-state index in [2.05, 4.69) is 30.2 Å². The molecule has 1 amide bonds. The molecule has 0 unspecified atom stereocenters. The largest absolute Gasteiger partial charge is 0.475 e. The first-order chi connectivity index (χ1) is 13.6. The van der Waals surface area contributed by atoms with Gasteiger partial charge in [-0.25, -0.2) is 4.39 Å². The summed E-state index contributed by atoms with van der Waals surface area (Å²) in [5, 5.41) is 19.0. The first-order valence-corrected chi connectivity index (χ1v) is 9.07. The van der Waals surface area contributed by atoms with Crippen LogP contribution in [0.25, 0.3) is 17.0 Å². The number of nitrogens with one attached hydrogen (secondary N) is 1. The molecule has 0 spiro atoms. The van der Waals surface area contributed by atoms with Crippen molar-refractivity contribution in [1.82, 2.24) is 34.7 Å². The smallest absolute Gasteiger partial charge is 0.265 e. The number of carbonyl (C=O) groups is 1. The summed E-state index contributed by atoms with van der Waals surface area (Å²) >= 11 is 1.04. The molecule has 9 nitrogen and oxygen atoms in total. The van der Waals surface area contributed by atoms with Gasteiger partial charge in [0.15, 0.2) is 11.5 Å². The highest BCUT2D eigenvalue weighted by Crippen LogP contribution is 2.19. The lowest BCUT2D eigenvalue weighted by atomic mass is 10.2. The lowest BCUT2D eigenvalue weighted by Crippen LogP contribution is -2.28. The predicted molar refractivity (Wildman–Crippen MR) is 98.7 cm³/mol. The van der Waals surface area contributed by atoms with Gasteiger partial charge in [0.2, 0.25) is 5.88 Å². The van der Waals surface area contributed by atoms with E-state index in [0.717, 1.165) is 11.5 Å². The number of halogens is 1. The summed E-state index contributed by atoms with van der Waals surface area (Å²) in [7, 11) is 0. The summed E-state index contributed by atoms with van der Waals surface area (Å²) in [6.45, 7) is 2.23. The Labute approximate surface area is 162 Å². The standard InChI is InChI=1S/C17H14FN7O2S/c1-10-15(28-24-20-10)17(26)19-7-8-27-14-6-5-13-21-22-16(25(13)23-14)11-3-2-4-12(18)9-11/h2-6,9H,7-8H2,1H3,(H,19,26). The lowest BCUT2D eigenvalue weighted by Gasteiger charge is -2.07. The molecule has 4 rings (SSSR count). The minimum Gasteiger partial charge on any atom is -0.475 e. The fourth-order valence-electron chi connectivity index (χ4n) is 2.50. The zero-order chi connectivity index (χ0) is 19.5. The molecule has 28 heavy (non-hydrogen) atoms. The minimum absolute atomic E-state index is 0.215. The van der Waals surface area contributed by atoms with Crippen molar-refractivity contribution >= 4 is 23.1 Å². The van der Waals surface area contributed by atoms with Crippen LogP contribution >= 0.6 is 11.5 Å². The first-order valence-electron chi connectivity index (χ1n) is 8.30. The van der Waals surface area contributed by atoms with Crippen molar-refractivity contribution in [3.8, 4) is 17.3 Å². The van der Waals surface area contributed by atoms with Crippen molar-refractivity contribution in [1.29, 1.82) is 0 Å². The van der Waals surface area contributed by atoms with Crippen LogP contribution in [-0.2, 0) is 0 Å². The highest BCUT2D eigenvalue weighted by Gasteiger charge is 2.13. The van der Waals surface area contributed by atoms with Crippen molar-refractivity contribution in [2.45, 2.75) is 6.92 Å². The van der Waals surface area contributed by atoms with Gasteiger partial charge in [-0.2, -0.15) is 4.52 Å². The zero-order valence-electron chi connectivity index (χ0n) is 14.7. The third kappa shape index (κ3) is 3.64. The van der Waals surface area contributed by atoms with Gasteiger partial charge in [-0.1, -0.05) is 16.6 Å². The predicted octanol–water partition coefficient (Wildman–Crippen LogP) is 1.90. The van der Waals surface area contributed by atoms with Crippen molar-refractivity contribution in [2.24, 2.45) is 0 Å². The second-order valence-electron chi connectivity index (χ2n) is 5.77. The third-order valence-corrected chi connectivity index (χ3v) is 4.64. The average Bonchev–Trinajstić information content (AvgIpc) is 3.31. The van der Waals surface area contributed by atoms with E-state index in [9.17, 15) is 9.18 Å². The molecule has 11 heteroatoms. The van der Waals surface area contributed by atoms with Gasteiger partial charge >= 0.3 is 0 Å². The first kappa shape index (κ1) is 17.9. The van der Waals surface area contributed by atoms with Gasteiger partial charge in [-0.3, -0.25) is 4.79 Å². The maximum absolute atomic E-state index is 13.5. The Balaban J connectivity index is 1.43. The van der Waals surface area contributed by atoms with Crippen LogP contribution in [0, 0.1) is 12.7 Å². The zero-order valence-corrected chi connectivity index (χ0v) is 15.5. The monoisotopic (exact) mass is 399 g/mol. The van der Waals surface area contributed by atoms with Gasteiger partial charge in [-0.05, 0) is 36.7 Å². The molecule has 0 saturated heterocycles. The Morgan fingerprint density at radius 3 is 2.93 bits per heavy atom. The molecule has 0 aliphatic heterocycles. The lowest BCUT2D eigenvalue weighted by molar-refractivity contribution is 0.0949. The van der Waals surface area contributed by atoms with Crippen LogP contribution < -0.4 is 10.1 Å². The molecule has 0 saturated carbocycles. The Kier molecular flexibility index (Phi) is 4.89. The van der Waals surface area contributed by atoms with Crippen molar-refractivity contribution in [3.05, 3.63) is 52.8 Å². The number of benzene rings is 1. The van der Waals surface area contributed by atoms with E-state index < -0.39 is 0 Å². The molecular weight excluding hydrogens is 385 g/mol. The summed E-state index contributed by atoms with van der Waals surface area (Å²) in [5.41, 5.74) is 1.65. The van der Waals surface area contributed by atoms with Crippen LogP contribution in [0.3, 0.4) is 0 Å². The van der Waals surface area contributed by atoms with E-state index in [0.29, 0.717) is 33.5 Å². The summed E-state index contributed by atoms with van der Waals surface area (Å²) in [6.07, 6.45) is 0. The third-order valence-electron chi connectivity index (χ3n) is 3.82. The highest BCUT2D eigenvalue weighted by atomic mass is 32.1. The number of hydrogen-bond donors (Lipinski definition) is 1. The Morgan fingerprint density at radius 1 is 1.25 bits per heavy atom. The minimum atomic E-state index is -0.372. The number of fused-ring (bicyclic) bond motifs is 1. The van der Waals surface area contributed by atoms with E-state index in [-0.39, 0.29) is 24.9 Å². The van der Waals surface area contributed by atoms with E-state index in [4.69, 9.17) is 4.74 Å². The maximum atomic E-state index is 13.5. The number of aryl methyl sites for hydroxylation is 1. The fraction of sp³-hybridized carbons (Fsp3) is 0.176. The number of carbonyl (C=O) groups excluding carboxylic acids is 1. The van der Waals surface area contributed by atoms with Gasteiger partial charge in [0, 0.05) is 11.6 Å². The Bertz CT molecular complexity index is 1140. The van der Waals surface area contributed by atoms with Gasteiger partial charge in [0.25, 0.3) is 5.91 Å². The number of hydrogen-bond acceptors (Lipinski definition) is 8. The van der Waals surface area contributed by atoms with Crippen LogP contribution in [0.15, 0.2) is 36.4 Å². The molecule has 142 valence electrons. The molecule has 1 aromatic carbocycles. The highest BCUT2D eigenvalue weighted by molar-refractivity contribution is 7.07. The van der Waals surface area contributed by atoms with Crippen molar-refractivity contribution < 1.29 is 13.9 Å². The van der Waals surface area contributed by atoms with Crippen molar-refractivity contribution in [3.63, 3.8) is 0 Å². The molecule has 1 N–H and O–H groups in total. The van der Waals surface area contributed by atoms with Crippen LogP contribution in [0.5, 0.6) is 5.88 Å². The molecule has 0 bridgehead atoms. The van der Waals surface area contributed by atoms with E-state index >= 15 is 0 Å². The molecular formula is C17H14FN7O2S. The summed E-state index contributed by atoms with van der Waals surface area (Å²) < 4.78 is 24.3. The fourth-order valence-corrected chi connectivity index (χ4v) is 3.07. The van der Waals surface area contributed by atoms with Crippen LogP contribution in [0.1, 0.15) is 15.4 Å². The topological polar surface area (TPSA) is 107 Å². The van der Waals surface area contributed by atoms with Gasteiger partial charge in [0.1, 0.15) is 17.3 Å². The number of aromatic nitrogens is 6. The summed E-state index contributed by atoms with van der Waals surface area (Å²) in [6, 6.07) is 9.38. The molecule has 3 heterocycles. The molecule has 3 aromatic heterocycles. The summed E-state index contributed by atoms with van der Waals surface area (Å²) in [5.74, 6) is 0.117. The molecule has 0 aliphatic rings. The van der Waals surface area contributed by atoms with Gasteiger partial charge in [-0.15, -0.1) is 20.4 Å². The normalized spacial score (nSPS) is 10.9. The SMILES string of the molecule is Cc1nnsc1C(=O)NCCOc1ccc2nnc(-c3cccc(F)c3)n2n1. The van der Waals surface area contributed by atoms with Crippen LogP contribution in [0.4, 0.5) is 4.39 Å². The second kappa shape index (κ2) is 7.64. The second-order valence-corrected chi connectivity index (χ2v) is 6.52. The molecule has 0 fully saturated rings. The van der Waals surface area contributed by atoms with Gasteiger partial charge in [0.05, 0.1) is 12.2 Å². The Hall–Kier alpha value is -3.47. The maximum Gasteiger partial charge on any atom is 0.265 e. The van der Waals surface area contributed by atoms with E-state index in [1.807, 2.05) is 0 Å². The number of ether oxygens (including phenoxy) is 1. The number of rotatable bonds is 6. The Morgan fingerprint density at radius 2 is 2.14 bits per heavy atom. The van der Waals surface area contributed by atoms with Gasteiger partial charge < -0.3 is 10.1 Å². The molecule has 4 aromatic rings. The van der Waals surface area contributed by atoms with Crippen molar-refractivity contribution in [2.75, 3.05) is 13.2 Å². The number of amides is 1. The molecule has 0 aliphatic carbocycles. The van der Waals surface area contributed by atoms with E-state index in [1.165, 1.54) is 16.6 Å². The quantitative estimate of drug-likeness (QED) is 0.494. The number of nitrogens with zero attached hydrogens (tertiary/aromatic N) is 6. The average molecular weight is 399 g/mol. The van der Waals surface area contributed by atoms with Crippen LogP contribution in [0.2, 0.25) is 0 Å². The molecule has 0 radical (unpaired) electrons. The van der Waals surface area contributed by atoms with Crippen LogP contribution in [-0.4, -0.2) is 48.5 Å².